The average Bonchev–Trinajstić information content (AvgIpc) is 3.09. The molecule has 1 aliphatic heterocycles. The molecule has 2 aromatic rings. The molecule has 1 atom stereocenters. The van der Waals surface area contributed by atoms with E-state index in [1.165, 1.54) is 40.7 Å². The fourth-order valence-electron chi connectivity index (χ4n) is 2.94. The van der Waals surface area contributed by atoms with Crippen LogP contribution in [-0.2, 0) is 23.2 Å². The van der Waals surface area contributed by atoms with Crippen molar-refractivity contribution in [2.45, 2.75) is 25.4 Å². The molecule has 0 spiro atoms. The Morgan fingerprint density at radius 3 is 2.58 bits per heavy atom. The number of hydrogen-bond acceptors (Lipinski definition) is 7. The Kier molecular flexibility index (Phi) is 6.01. The second kappa shape index (κ2) is 8.37. The SMILES string of the molecule is CN1C(=O)C(CC(=O)Nc2ccc(OC(F)(F)F)cc2)N(Cc2c([O-])on[n+]2C)C1=S. The van der Waals surface area contributed by atoms with Crippen molar-refractivity contribution in [3.8, 4) is 11.7 Å². The van der Waals surface area contributed by atoms with Crippen LogP contribution in [0.25, 0.3) is 0 Å². The van der Waals surface area contributed by atoms with E-state index in [1.807, 2.05) is 0 Å². The number of anilines is 1. The predicted molar refractivity (Wildman–Crippen MR) is 98.2 cm³/mol. The van der Waals surface area contributed by atoms with Gasteiger partial charge in [-0.25, -0.2) is 0 Å². The van der Waals surface area contributed by atoms with Crippen LogP contribution >= 0.6 is 12.2 Å². The minimum atomic E-state index is -4.83. The zero-order valence-corrected chi connectivity index (χ0v) is 17.0. The molecular weight excluding hydrogens is 443 g/mol. The highest BCUT2D eigenvalue weighted by molar-refractivity contribution is 7.80. The monoisotopic (exact) mass is 459 g/mol. The van der Waals surface area contributed by atoms with Crippen LogP contribution in [0.5, 0.6) is 11.7 Å². The van der Waals surface area contributed by atoms with E-state index in [9.17, 15) is 27.9 Å². The number of rotatable bonds is 6. The van der Waals surface area contributed by atoms with Gasteiger partial charge in [-0.05, 0) is 36.5 Å². The first-order valence-corrected chi connectivity index (χ1v) is 9.13. The van der Waals surface area contributed by atoms with E-state index in [4.69, 9.17) is 12.2 Å². The number of nitrogens with zero attached hydrogens (tertiary/aromatic N) is 4. The third-order valence-corrected chi connectivity index (χ3v) is 4.98. The van der Waals surface area contributed by atoms with Gasteiger partial charge in [-0.3, -0.25) is 14.5 Å². The number of aryl methyl sites for hydroxylation is 1. The topological polar surface area (TPSA) is 115 Å². The van der Waals surface area contributed by atoms with Crippen molar-refractivity contribution in [3.05, 3.63) is 30.0 Å². The smallest absolute Gasteiger partial charge is 0.539 e. The molecule has 10 nitrogen and oxygen atoms in total. The normalized spacial score (nSPS) is 16.7. The molecule has 1 N–H and O–H groups in total. The summed E-state index contributed by atoms with van der Waals surface area (Å²) in [6.07, 6.45) is -5.14. The van der Waals surface area contributed by atoms with E-state index in [1.54, 1.807) is 0 Å². The van der Waals surface area contributed by atoms with Crippen molar-refractivity contribution in [2.24, 2.45) is 7.05 Å². The Bertz CT molecular complexity index is 991. The molecule has 14 heteroatoms. The number of alkyl halides is 3. The van der Waals surface area contributed by atoms with Crippen molar-refractivity contribution in [1.82, 2.24) is 15.1 Å². The van der Waals surface area contributed by atoms with Gasteiger partial charge in [0.15, 0.2) is 18.1 Å². The molecule has 2 heterocycles. The molecule has 31 heavy (non-hydrogen) atoms. The van der Waals surface area contributed by atoms with E-state index in [-0.39, 0.29) is 29.5 Å². The van der Waals surface area contributed by atoms with E-state index in [0.29, 0.717) is 0 Å². The highest BCUT2D eigenvalue weighted by atomic mass is 32.1. The zero-order chi connectivity index (χ0) is 22.9. The van der Waals surface area contributed by atoms with Crippen molar-refractivity contribution >= 4 is 34.8 Å². The van der Waals surface area contributed by atoms with Gasteiger partial charge in [0.05, 0.1) is 11.7 Å². The van der Waals surface area contributed by atoms with Crippen molar-refractivity contribution in [1.29, 1.82) is 0 Å². The first-order chi connectivity index (χ1) is 14.5. The standard InChI is InChI=1S/C17H16F3N5O5S/c1-23-14(27)11(25(16(23)31)8-12-15(28)30-22-24(12)2)7-13(26)21-9-3-5-10(6-4-9)29-17(18,19)20/h3-6,11H,7-8H2,1-2H3,(H-,21,22,26,28). The summed E-state index contributed by atoms with van der Waals surface area (Å²) >= 11 is 5.25. The first kappa shape index (κ1) is 22.3. The second-order valence-corrected chi connectivity index (χ2v) is 6.94. The van der Waals surface area contributed by atoms with E-state index in [2.05, 4.69) is 19.8 Å². The number of ether oxygens (including phenoxy) is 1. The summed E-state index contributed by atoms with van der Waals surface area (Å²) in [6, 6.07) is 3.55. The number of benzene rings is 1. The van der Waals surface area contributed by atoms with Crippen molar-refractivity contribution < 1.29 is 41.8 Å². The lowest BCUT2D eigenvalue weighted by Gasteiger charge is -2.21. The van der Waals surface area contributed by atoms with Crippen LogP contribution in [0.15, 0.2) is 28.8 Å². The maximum atomic E-state index is 12.6. The Hall–Kier alpha value is -3.42. The molecule has 3 rings (SSSR count). The number of amides is 2. The number of carbonyl (C=O) groups is 2. The summed E-state index contributed by atoms with van der Waals surface area (Å²) in [6.45, 7) is -0.102. The molecule has 2 amide bonds. The summed E-state index contributed by atoms with van der Waals surface area (Å²) < 4.78 is 46.2. The molecule has 0 aliphatic carbocycles. The Morgan fingerprint density at radius 1 is 1.39 bits per heavy atom. The number of likely N-dealkylation sites (N-methyl/N-ethyl adjacent to an activating group) is 1. The number of carbonyl (C=O) groups excluding carboxylic acids is 2. The average molecular weight is 459 g/mol. The summed E-state index contributed by atoms with van der Waals surface area (Å²) in [5, 5.41) is 17.9. The zero-order valence-electron chi connectivity index (χ0n) is 16.2. The second-order valence-electron chi connectivity index (χ2n) is 6.58. The van der Waals surface area contributed by atoms with Gasteiger partial charge in [0.2, 0.25) is 5.91 Å². The molecule has 0 radical (unpaired) electrons. The van der Waals surface area contributed by atoms with E-state index in [0.717, 1.165) is 12.1 Å². The molecule has 166 valence electrons. The number of halogens is 3. The minimum absolute atomic E-state index is 0.102. The lowest BCUT2D eigenvalue weighted by atomic mass is 10.1. The summed E-state index contributed by atoms with van der Waals surface area (Å²) in [5.74, 6) is -2.16. The van der Waals surface area contributed by atoms with Crippen LogP contribution in [0.4, 0.5) is 18.9 Å². The van der Waals surface area contributed by atoms with Gasteiger partial charge in [0, 0.05) is 12.7 Å². The van der Waals surface area contributed by atoms with E-state index < -0.39 is 35.9 Å². The van der Waals surface area contributed by atoms with Crippen LogP contribution in [0.3, 0.4) is 0 Å². The van der Waals surface area contributed by atoms with Crippen molar-refractivity contribution in [3.63, 3.8) is 0 Å². The quantitative estimate of drug-likeness (QED) is 0.489. The molecular formula is C17H16F3N5O5S. The van der Waals surface area contributed by atoms with Crippen LogP contribution in [0.1, 0.15) is 12.1 Å². The summed E-state index contributed by atoms with van der Waals surface area (Å²) in [7, 11) is 2.93. The van der Waals surface area contributed by atoms with Crippen LogP contribution in [-0.4, -0.2) is 51.4 Å². The van der Waals surface area contributed by atoms with Gasteiger partial charge in [0.25, 0.3) is 11.6 Å². The van der Waals surface area contributed by atoms with Gasteiger partial charge in [0.1, 0.15) is 18.3 Å². The molecule has 1 aromatic carbocycles. The Morgan fingerprint density at radius 2 is 2.03 bits per heavy atom. The van der Waals surface area contributed by atoms with Crippen LogP contribution in [0.2, 0.25) is 0 Å². The Balaban J connectivity index is 1.69. The van der Waals surface area contributed by atoms with Gasteiger partial charge >= 0.3 is 6.36 Å². The minimum Gasteiger partial charge on any atom is -0.539 e. The van der Waals surface area contributed by atoms with Gasteiger partial charge in [-0.1, -0.05) is 4.68 Å². The number of aromatic nitrogens is 2. The van der Waals surface area contributed by atoms with Gasteiger partial charge < -0.3 is 24.6 Å². The predicted octanol–water partition coefficient (Wildman–Crippen LogP) is 0.428. The molecule has 0 saturated carbocycles. The lowest BCUT2D eigenvalue weighted by molar-refractivity contribution is -0.746. The molecule has 1 aliphatic rings. The summed E-state index contributed by atoms with van der Waals surface area (Å²) in [5.41, 5.74) is 0.343. The fraction of sp³-hybridized carbons (Fsp3) is 0.353. The fourth-order valence-corrected chi connectivity index (χ4v) is 3.22. The molecule has 1 unspecified atom stereocenters. The van der Waals surface area contributed by atoms with Gasteiger partial charge in [-0.15, -0.1) is 13.2 Å². The molecule has 1 aromatic heterocycles. The first-order valence-electron chi connectivity index (χ1n) is 8.72. The molecule has 0 bridgehead atoms. The number of thiocarbonyl (C=S) groups is 1. The molecule has 1 saturated heterocycles. The van der Waals surface area contributed by atoms with Crippen molar-refractivity contribution in [2.75, 3.05) is 12.4 Å². The number of nitrogens with one attached hydrogen (secondary N) is 1. The van der Waals surface area contributed by atoms with Gasteiger partial charge in [-0.2, -0.15) is 0 Å². The largest absolute Gasteiger partial charge is 0.573 e. The highest BCUT2D eigenvalue weighted by Crippen LogP contribution is 2.25. The third-order valence-electron chi connectivity index (χ3n) is 4.47. The molecule has 1 fully saturated rings. The van der Waals surface area contributed by atoms with Crippen LogP contribution < -0.4 is 19.8 Å². The maximum Gasteiger partial charge on any atom is 0.573 e. The lowest BCUT2D eigenvalue weighted by Crippen LogP contribution is -2.42. The highest BCUT2D eigenvalue weighted by Gasteiger charge is 2.43. The van der Waals surface area contributed by atoms with Crippen LogP contribution in [0, 0.1) is 0 Å². The summed E-state index contributed by atoms with van der Waals surface area (Å²) in [4.78, 5) is 27.6. The number of hydrogen-bond donors (Lipinski definition) is 1. The third kappa shape index (κ3) is 5.02. The Labute approximate surface area is 178 Å². The maximum absolute atomic E-state index is 12.6. The van der Waals surface area contributed by atoms with E-state index >= 15 is 0 Å².